The zero-order valence-electron chi connectivity index (χ0n) is 12.3. The number of hydrogen-bond donors (Lipinski definition) is 2. The Bertz CT molecular complexity index is 406. The van der Waals surface area contributed by atoms with Gasteiger partial charge in [-0.15, -0.1) is 12.4 Å². The summed E-state index contributed by atoms with van der Waals surface area (Å²) < 4.78 is 0. The van der Waals surface area contributed by atoms with Crippen molar-refractivity contribution in [2.24, 2.45) is 11.8 Å². The highest BCUT2D eigenvalue weighted by molar-refractivity contribution is 5.85. The molecule has 2 unspecified atom stereocenters. The minimum Gasteiger partial charge on any atom is -0.353 e. The molecule has 1 heterocycles. The average molecular weight is 297 g/mol. The lowest BCUT2D eigenvalue weighted by Gasteiger charge is -2.32. The molecule has 1 aromatic rings. The summed E-state index contributed by atoms with van der Waals surface area (Å²) >= 11 is 0. The van der Waals surface area contributed by atoms with Gasteiger partial charge in [0, 0.05) is 12.0 Å². The van der Waals surface area contributed by atoms with Crippen LogP contribution in [0.4, 0.5) is 0 Å². The standard InChI is InChI=1S/C16H24N2O.ClH/c1-12(8-9-14-6-4-3-5-7-14)18-16(19)13(2)15-10-17-11-15;/h3-7,12-13,15,17H,8-11H2,1-2H3,(H,18,19);1H. The lowest BCUT2D eigenvalue weighted by molar-refractivity contribution is -0.127. The van der Waals surface area contributed by atoms with Crippen molar-refractivity contribution in [1.29, 1.82) is 0 Å². The monoisotopic (exact) mass is 296 g/mol. The first-order chi connectivity index (χ1) is 9.16. The van der Waals surface area contributed by atoms with Crippen molar-refractivity contribution in [2.45, 2.75) is 32.7 Å². The van der Waals surface area contributed by atoms with E-state index < -0.39 is 0 Å². The van der Waals surface area contributed by atoms with Gasteiger partial charge in [0.15, 0.2) is 0 Å². The smallest absolute Gasteiger partial charge is 0.223 e. The number of carbonyl (C=O) groups is 1. The number of benzene rings is 1. The van der Waals surface area contributed by atoms with E-state index in [0.717, 1.165) is 25.9 Å². The van der Waals surface area contributed by atoms with Crippen LogP contribution in [-0.2, 0) is 11.2 Å². The molecule has 4 heteroatoms. The van der Waals surface area contributed by atoms with Gasteiger partial charge in [-0.3, -0.25) is 4.79 Å². The third-order valence-corrected chi connectivity index (χ3v) is 4.03. The molecule has 1 aromatic carbocycles. The van der Waals surface area contributed by atoms with Crippen LogP contribution in [0.15, 0.2) is 30.3 Å². The van der Waals surface area contributed by atoms with Crippen molar-refractivity contribution in [2.75, 3.05) is 13.1 Å². The summed E-state index contributed by atoms with van der Waals surface area (Å²) in [5.41, 5.74) is 1.33. The molecule has 112 valence electrons. The number of carbonyl (C=O) groups excluding carboxylic acids is 1. The second-order valence-electron chi connectivity index (χ2n) is 5.64. The van der Waals surface area contributed by atoms with Crippen LogP contribution in [0.3, 0.4) is 0 Å². The molecular formula is C16H25ClN2O. The van der Waals surface area contributed by atoms with Gasteiger partial charge in [0.2, 0.25) is 5.91 Å². The van der Waals surface area contributed by atoms with E-state index in [-0.39, 0.29) is 30.3 Å². The van der Waals surface area contributed by atoms with Gasteiger partial charge >= 0.3 is 0 Å². The second-order valence-corrected chi connectivity index (χ2v) is 5.64. The maximum Gasteiger partial charge on any atom is 0.223 e. The fourth-order valence-electron chi connectivity index (χ4n) is 2.35. The summed E-state index contributed by atoms with van der Waals surface area (Å²) in [6.07, 6.45) is 2.01. The molecule has 2 rings (SSSR count). The van der Waals surface area contributed by atoms with Gasteiger partial charge in [-0.2, -0.15) is 0 Å². The Morgan fingerprint density at radius 1 is 1.30 bits per heavy atom. The fraction of sp³-hybridized carbons (Fsp3) is 0.562. The molecule has 1 aliphatic rings. The van der Waals surface area contributed by atoms with Gasteiger partial charge in [-0.1, -0.05) is 37.3 Å². The minimum atomic E-state index is 0. The third-order valence-electron chi connectivity index (χ3n) is 4.03. The molecule has 2 N–H and O–H groups in total. The summed E-state index contributed by atoms with van der Waals surface area (Å²) in [5.74, 6) is 0.841. The molecule has 0 aromatic heterocycles. The molecule has 1 fully saturated rings. The van der Waals surface area contributed by atoms with Gasteiger partial charge in [-0.05, 0) is 44.3 Å². The Morgan fingerprint density at radius 3 is 2.50 bits per heavy atom. The minimum absolute atomic E-state index is 0. The number of aryl methyl sites for hydroxylation is 1. The topological polar surface area (TPSA) is 41.1 Å². The van der Waals surface area contributed by atoms with Crippen molar-refractivity contribution >= 4 is 18.3 Å². The van der Waals surface area contributed by atoms with E-state index in [2.05, 4.69) is 41.8 Å². The van der Waals surface area contributed by atoms with Crippen LogP contribution in [0.2, 0.25) is 0 Å². The van der Waals surface area contributed by atoms with Crippen molar-refractivity contribution in [1.82, 2.24) is 10.6 Å². The fourth-order valence-corrected chi connectivity index (χ4v) is 2.35. The quantitative estimate of drug-likeness (QED) is 0.846. The molecular weight excluding hydrogens is 272 g/mol. The molecule has 0 bridgehead atoms. The van der Waals surface area contributed by atoms with E-state index in [0.29, 0.717) is 5.92 Å². The number of amides is 1. The lowest BCUT2D eigenvalue weighted by atomic mass is 9.88. The van der Waals surface area contributed by atoms with Crippen molar-refractivity contribution in [3.05, 3.63) is 35.9 Å². The van der Waals surface area contributed by atoms with E-state index in [9.17, 15) is 4.79 Å². The number of halogens is 1. The van der Waals surface area contributed by atoms with Crippen LogP contribution >= 0.6 is 12.4 Å². The Balaban J connectivity index is 0.00000200. The van der Waals surface area contributed by atoms with Gasteiger partial charge in [0.1, 0.15) is 0 Å². The Morgan fingerprint density at radius 2 is 1.95 bits per heavy atom. The molecule has 1 aliphatic heterocycles. The zero-order valence-corrected chi connectivity index (χ0v) is 13.1. The first-order valence-corrected chi connectivity index (χ1v) is 7.22. The average Bonchev–Trinajstić information content (AvgIpc) is 2.35. The Hall–Kier alpha value is -1.06. The molecule has 1 saturated heterocycles. The Labute approximate surface area is 127 Å². The summed E-state index contributed by atoms with van der Waals surface area (Å²) in [5, 5.41) is 6.35. The molecule has 20 heavy (non-hydrogen) atoms. The predicted molar refractivity (Wildman–Crippen MR) is 85.1 cm³/mol. The number of nitrogens with one attached hydrogen (secondary N) is 2. The van der Waals surface area contributed by atoms with Crippen molar-refractivity contribution in [3.63, 3.8) is 0 Å². The summed E-state index contributed by atoms with van der Waals surface area (Å²) in [6, 6.07) is 10.7. The van der Waals surface area contributed by atoms with Crippen molar-refractivity contribution in [3.8, 4) is 0 Å². The molecule has 0 radical (unpaired) electrons. The predicted octanol–water partition coefficient (Wildman–Crippen LogP) is 2.40. The molecule has 2 atom stereocenters. The highest BCUT2D eigenvalue weighted by atomic mass is 35.5. The molecule has 3 nitrogen and oxygen atoms in total. The summed E-state index contributed by atoms with van der Waals surface area (Å²) in [7, 11) is 0. The summed E-state index contributed by atoms with van der Waals surface area (Å²) in [4.78, 5) is 12.1. The largest absolute Gasteiger partial charge is 0.353 e. The maximum absolute atomic E-state index is 12.1. The van der Waals surface area contributed by atoms with Crippen LogP contribution < -0.4 is 10.6 Å². The number of hydrogen-bond acceptors (Lipinski definition) is 2. The van der Waals surface area contributed by atoms with Gasteiger partial charge < -0.3 is 10.6 Å². The highest BCUT2D eigenvalue weighted by Crippen LogP contribution is 2.16. The molecule has 0 aliphatic carbocycles. The van der Waals surface area contributed by atoms with E-state index in [1.807, 2.05) is 13.0 Å². The van der Waals surface area contributed by atoms with Gasteiger partial charge in [0.05, 0.1) is 0 Å². The van der Waals surface area contributed by atoms with Crippen LogP contribution in [0.1, 0.15) is 25.8 Å². The van der Waals surface area contributed by atoms with Gasteiger partial charge in [0.25, 0.3) is 0 Å². The van der Waals surface area contributed by atoms with Crippen LogP contribution in [0.25, 0.3) is 0 Å². The number of rotatable bonds is 6. The molecule has 1 amide bonds. The summed E-state index contributed by atoms with van der Waals surface area (Å²) in [6.45, 7) is 6.08. The molecule has 0 spiro atoms. The van der Waals surface area contributed by atoms with E-state index >= 15 is 0 Å². The van der Waals surface area contributed by atoms with Crippen molar-refractivity contribution < 1.29 is 4.79 Å². The van der Waals surface area contributed by atoms with E-state index in [1.54, 1.807) is 0 Å². The van der Waals surface area contributed by atoms with Crippen LogP contribution in [0.5, 0.6) is 0 Å². The van der Waals surface area contributed by atoms with E-state index in [1.165, 1.54) is 5.56 Å². The second kappa shape index (κ2) is 8.28. The highest BCUT2D eigenvalue weighted by Gasteiger charge is 2.29. The SMILES string of the molecule is CC(CCc1ccccc1)NC(=O)C(C)C1CNC1.Cl. The first-order valence-electron chi connectivity index (χ1n) is 7.22. The third kappa shape index (κ3) is 4.80. The van der Waals surface area contributed by atoms with Crippen LogP contribution in [-0.4, -0.2) is 25.0 Å². The Kier molecular flexibility index (Phi) is 7.03. The lowest BCUT2D eigenvalue weighted by Crippen LogP contribution is -2.50. The first kappa shape index (κ1) is 17.0. The maximum atomic E-state index is 12.1. The van der Waals surface area contributed by atoms with Gasteiger partial charge in [-0.25, -0.2) is 0 Å². The van der Waals surface area contributed by atoms with Crippen LogP contribution in [0, 0.1) is 11.8 Å². The normalized spacial score (nSPS) is 17.5. The molecule has 0 saturated carbocycles. The zero-order chi connectivity index (χ0) is 13.7. The van der Waals surface area contributed by atoms with E-state index in [4.69, 9.17) is 0 Å².